The summed E-state index contributed by atoms with van der Waals surface area (Å²) >= 11 is 6.66. The highest BCUT2D eigenvalue weighted by Crippen LogP contribution is 2.38. The van der Waals surface area contributed by atoms with E-state index in [-0.39, 0.29) is 37.0 Å². The van der Waals surface area contributed by atoms with Gasteiger partial charge in [0.05, 0.1) is 23.8 Å². The van der Waals surface area contributed by atoms with Crippen LogP contribution in [0.5, 0.6) is 0 Å². The summed E-state index contributed by atoms with van der Waals surface area (Å²) in [5, 5.41) is 9.30. The van der Waals surface area contributed by atoms with E-state index in [1.807, 2.05) is 5.32 Å². The van der Waals surface area contributed by atoms with Gasteiger partial charge >= 0.3 is 6.03 Å². The number of fused-ring (bicyclic) bond motifs is 1. The van der Waals surface area contributed by atoms with Crippen LogP contribution in [0.4, 0.5) is 4.79 Å². The zero-order valence-corrected chi connectivity index (χ0v) is 19.6. The summed E-state index contributed by atoms with van der Waals surface area (Å²) in [4.78, 5) is 47.3. The summed E-state index contributed by atoms with van der Waals surface area (Å²) < 4.78 is 31.1. The molecule has 5 atom stereocenters. The maximum absolute atomic E-state index is 12.2. The Labute approximate surface area is 192 Å². The molecule has 0 saturated carbocycles. The van der Waals surface area contributed by atoms with Crippen molar-refractivity contribution in [3.05, 3.63) is 0 Å². The van der Waals surface area contributed by atoms with Gasteiger partial charge in [-0.25, -0.2) is 4.79 Å². The molecule has 3 aliphatic rings. The second-order valence-electron chi connectivity index (χ2n) is 7.68. The maximum atomic E-state index is 12.2. The number of nitrogens with one attached hydrogen (secondary N) is 4. The molecule has 3 fully saturated rings. The Bertz CT molecular complexity index is 870. The lowest BCUT2D eigenvalue weighted by Gasteiger charge is -2.29. The molecule has 3 saturated heterocycles. The largest absolute Gasteiger partial charge is 0.355 e. The van der Waals surface area contributed by atoms with Gasteiger partial charge in [-0.05, 0) is 24.5 Å². The molecule has 0 aromatic heterocycles. The van der Waals surface area contributed by atoms with Gasteiger partial charge in [-0.15, -0.1) is 0 Å². The number of urea groups is 1. The number of amides is 5. The van der Waals surface area contributed by atoms with Crippen molar-refractivity contribution < 1.29 is 32.1 Å². The fourth-order valence-corrected chi connectivity index (χ4v) is 8.52. The van der Waals surface area contributed by atoms with Crippen molar-refractivity contribution in [1.82, 2.24) is 21.3 Å². The third-order valence-electron chi connectivity index (χ3n) is 5.72. The van der Waals surface area contributed by atoms with E-state index in [2.05, 4.69) is 16.0 Å². The Morgan fingerprint density at radius 2 is 2.06 bits per heavy atom. The van der Waals surface area contributed by atoms with Gasteiger partial charge in [-0.3, -0.25) is 24.3 Å². The predicted octanol–water partition coefficient (Wildman–Crippen LogP) is -0.284. The van der Waals surface area contributed by atoms with Crippen LogP contribution in [0, 0.1) is 0 Å². The normalized spacial score (nSPS) is 31.0. The summed E-state index contributed by atoms with van der Waals surface area (Å²) in [6.45, 7) is -0.284. The molecular weight excluding hydrogens is 488 g/mol. The SMILES string of the molecule is O=C(CCCC[C@@H]1SC[C@@H]2NC(=O)N[C@@H]21)NCC(S[S])C1(S(=O)(=O)O)CC(=O)NC1=O. The van der Waals surface area contributed by atoms with Crippen molar-refractivity contribution in [2.24, 2.45) is 0 Å². The molecule has 31 heavy (non-hydrogen) atoms. The Morgan fingerprint density at radius 1 is 1.32 bits per heavy atom. The molecule has 0 bridgehead atoms. The molecule has 11 nitrogen and oxygen atoms in total. The summed E-state index contributed by atoms with van der Waals surface area (Å²) in [7, 11) is -4.39. The van der Waals surface area contributed by atoms with Crippen LogP contribution in [0.1, 0.15) is 32.1 Å². The molecular formula is C16H23N4O7S4. The van der Waals surface area contributed by atoms with Crippen LogP contribution in [0.3, 0.4) is 0 Å². The Kier molecular flexibility index (Phi) is 7.71. The summed E-state index contributed by atoms with van der Waals surface area (Å²) in [6, 6.07) is 0.107. The first-order valence-electron chi connectivity index (χ1n) is 9.63. The maximum Gasteiger partial charge on any atom is 0.315 e. The minimum absolute atomic E-state index is 0.105. The van der Waals surface area contributed by atoms with E-state index in [9.17, 15) is 32.1 Å². The van der Waals surface area contributed by atoms with Crippen LogP contribution in [0.25, 0.3) is 0 Å². The quantitative estimate of drug-likeness (QED) is 0.0869. The van der Waals surface area contributed by atoms with Crippen molar-refractivity contribution in [2.75, 3.05) is 12.3 Å². The molecule has 3 heterocycles. The molecule has 3 rings (SSSR count). The van der Waals surface area contributed by atoms with Crippen LogP contribution in [0.2, 0.25) is 0 Å². The van der Waals surface area contributed by atoms with Crippen LogP contribution in [-0.2, 0) is 24.5 Å². The highest BCUT2D eigenvalue weighted by molar-refractivity contribution is 8.69. The predicted molar refractivity (Wildman–Crippen MR) is 118 cm³/mol. The number of hydrogen-bond acceptors (Lipinski definition) is 8. The highest BCUT2D eigenvalue weighted by atomic mass is 33.1. The minimum Gasteiger partial charge on any atom is -0.355 e. The second-order valence-corrected chi connectivity index (χ2v) is 12.0. The van der Waals surface area contributed by atoms with Gasteiger partial charge in [-0.1, -0.05) is 17.2 Å². The third kappa shape index (κ3) is 5.10. The number of carbonyl (C=O) groups excluding carboxylic acids is 4. The van der Waals surface area contributed by atoms with E-state index in [1.54, 1.807) is 11.8 Å². The zero-order chi connectivity index (χ0) is 22.8. The Balaban J connectivity index is 1.45. The summed E-state index contributed by atoms with van der Waals surface area (Å²) in [5.41, 5.74) is 0. The lowest BCUT2D eigenvalue weighted by atomic mass is 10.0. The highest BCUT2D eigenvalue weighted by Gasteiger charge is 2.61. The van der Waals surface area contributed by atoms with Crippen LogP contribution < -0.4 is 21.3 Å². The first-order valence-corrected chi connectivity index (χ1v) is 13.9. The van der Waals surface area contributed by atoms with Gasteiger partial charge in [0.25, 0.3) is 16.0 Å². The Hall–Kier alpha value is -1.16. The number of carbonyl (C=O) groups is 4. The van der Waals surface area contributed by atoms with Gasteiger partial charge in [0.2, 0.25) is 11.8 Å². The van der Waals surface area contributed by atoms with Crippen LogP contribution in [-0.4, -0.2) is 76.4 Å². The van der Waals surface area contributed by atoms with E-state index in [4.69, 9.17) is 11.7 Å². The molecule has 0 aliphatic carbocycles. The average Bonchev–Trinajstić information content (AvgIpc) is 3.32. The smallest absolute Gasteiger partial charge is 0.315 e. The van der Waals surface area contributed by atoms with Crippen LogP contribution >= 0.6 is 34.2 Å². The molecule has 1 radical (unpaired) electrons. The van der Waals surface area contributed by atoms with E-state index in [0.29, 0.717) is 22.5 Å². The van der Waals surface area contributed by atoms with E-state index >= 15 is 0 Å². The first-order chi connectivity index (χ1) is 14.6. The number of thioether (sulfide) groups is 1. The van der Waals surface area contributed by atoms with Gasteiger partial charge in [-0.2, -0.15) is 20.2 Å². The molecule has 173 valence electrons. The average molecular weight is 512 g/mol. The number of imide groups is 1. The Morgan fingerprint density at radius 3 is 2.68 bits per heavy atom. The van der Waals surface area contributed by atoms with Crippen molar-refractivity contribution in [3.63, 3.8) is 0 Å². The fraction of sp³-hybridized carbons (Fsp3) is 0.750. The lowest BCUT2D eigenvalue weighted by Crippen LogP contribution is -2.56. The molecule has 5 N–H and O–H groups in total. The minimum atomic E-state index is -4.96. The molecule has 5 amide bonds. The van der Waals surface area contributed by atoms with Gasteiger partial charge in [0.1, 0.15) is 0 Å². The van der Waals surface area contributed by atoms with Gasteiger partial charge in [0, 0.05) is 24.0 Å². The van der Waals surface area contributed by atoms with E-state index in [0.717, 1.165) is 18.6 Å². The lowest BCUT2D eigenvalue weighted by molar-refractivity contribution is -0.126. The second kappa shape index (κ2) is 9.77. The third-order valence-corrected chi connectivity index (χ3v) is 10.4. The number of hydrogen-bond donors (Lipinski definition) is 5. The van der Waals surface area contributed by atoms with Crippen molar-refractivity contribution in [1.29, 1.82) is 0 Å². The number of unbranched alkanes of at least 4 members (excludes halogenated alkanes) is 1. The van der Waals surface area contributed by atoms with Crippen LogP contribution in [0.15, 0.2) is 0 Å². The molecule has 15 heteroatoms. The van der Waals surface area contributed by atoms with Crippen molar-refractivity contribution >= 4 is 68.1 Å². The summed E-state index contributed by atoms with van der Waals surface area (Å²) in [5.74, 6) is -1.46. The van der Waals surface area contributed by atoms with Gasteiger partial charge < -0.3 is 16.0 Å². The summed E-state index contributed by atoms with van der Waals surface area (Å²) in [6.07, 6.45) is 1.65. The van der Waals surface area contributed by atoms with Crippen molar-refractivity contribution in [3.8, 4) is 0 Å². The molecule has 3 aliphatic heterocycles. The van der Waals surface area contributed by atoms with Crippen molar-refractivity contribution in [2.45, 2.75) is 59.4 Å². The fourth-order valence-electron chi connectivity index (χ4n) is 4.08. The number of rotatable bonds is 10. The first kappa shape index (κ1) is 24.5. The topological polar surface area (TPSA) is 171 Å². The molecule has 0 aromatic rings. The molecule has 0 aromatic carbocycles. The monoisotopic (exact) mass is 511 g/mol. The van der Waals surface area contributed by atoms with Gasteiger partial charge in [0.15, 0.2) is 4.75 Å². The van der Waals surface area contributed by atoms with E-state index in [1.165, 1.54) is 0 Å². The standard InChI is InChI=1S/C16H23N4O7S4/c21-11(4-2-1-3-9-13-8(7-29-9)18-15(24)20-13)17-6-10(30-28)16(31(25,26)27)5-12(22)19-14(16)23/h8-10,13H,1-7H2,(H,17,21)(H2,18,20,24)(H,19,22,23)(H,25,26,27)/t8-,9-,10?,13-,16?/m0/s1. The molecule has 2 unspecified atom stereocenters. The molecule has 0 spiro atoms. The van der Waals surface area contributed by atoms with E-state index < -0.39 is 38.4 Å². The zero-order valence-electron chi connectivity index (χ0n) is 16.3.